The number of nitrogens with zero attached hydrogens (tertiary/aromatic N) is 2. The maximum atomic E-state index is 12.2. The van der Waals surface area contributed by atoms with Crippen LogP contribution in [0.25, 0.3) is 0 Å². The topological polar surface area (TPSA) is 57.3 Å². The van der Waals surface area contributed by atoms with E-state index in [9.17, 15) is 4.79 Å². The number of pyridine rings is 1. The van der Waals surface area contributed by atoms with Gasteiger partial charge in [-0.3, -0.25) is 4.79 Å². The molecule has 0 aliphatic rings. The molecule has 1 heterocycles. The van der Waals surface area contributed by atoms with Crippen molar-refractivity contribution in [3.05, 3.63) is 53.9 Å². The molecule has 0 spiro atoms. The Bertz CT molecular complexity index is 635. The molecule has 0 fully saturated rings. The van der Waals surface area contributed by atoms with E-state index in [1.807, 2.05) is 30.3 Å². The van der Waals surface area contributed by atoms with Crippen molar-refractivity contribution in [3.8, 4) is 0 Å². The molecule has 128 valence electrons. The van der Waals surface area contributed by atoms with Crippen LogP contribution < -0.4 is 10.6 Å². The molecule has 0 bridgehead atoms. The number of amides is 1. The summed E-state index contributed by atoms with van der Waals surface area (Å²) in [5.74, 6) is -0.196. The number of hydrogen-bond acceptors (Lipinski definition) is 4. The molecular formula is C19H26N4O. The number of carbonyl (C=O) groups is 1. The molecule has 0 radical (unpaired) electrons. The van der Waals surface area contributed by atoms with Gasteiger partial charge in [-0.25, -0.2) is 4.98 Å². The molecule has 1 aromatic carbocycles. The van der Waals surface area contributed by atoms with Crippen molar-refractivity contribution in [3.63, 3.8) is 0 Å². The molecule has 5 heteroatoms. The van der Waals surface area contributed by atoms with Gasteiger partial charge in [0, 0.05) is 12.2 Å². The molecule has 0 aliphatic carbocycles. The molecule has 1 aromatic heterocycles. The van der Waals surface area contributed by atoms with Crippen LogP contribution in [0.3, 0.4) is 0 Å². The van der Waals surface area contributed by atoms with E-state index < -0.39 is 0 Å². The third kappa shape index (κ3) is 5.66. The highest BCUT2D eigenvalue weighted by molar-refractivity contribution is 6.02. The third-order valence-corrected chi connectivity index (χ3v) is 3.73. The van der Waals surface area contributed by atoms with Gasteiger partial charge < -0.3 is 15.5 Å². The molecule has 24 heavy (non-hydrogen) atoms. The van der Waals surface area contributed by atoms with Crippen LogP contribution in [0, 0.1) is 0 Å². The van der Waals surface area contributed by atoms with E-state index in [0.29, 0.717) is 5.69 Å². The van der Waals surface area contributed by atoms with Crippen LogP contribution in [0.4, 0.5) is 11.4 Å². The van der Waals surface area contributed by atoms with E-state index in [0.717, 1.165) is 37.3 Å². The van der Waals surface area contributed by atoms with Gasteiger partial charge >= 0.3 is 0 Å². The SMILES string of the molecule is CCc1ccc(NC(=O)c2ccc(NCCCN(C)C)cn2)cc1. The number of hydrogen-bond donors (Lipinski definition) is 2. The van der Waals surface area contributed by atoms with E-state index in [1.54, 1.807) is 12.3 Å². The van der Waals surface area contributed by atoms with Gasteiger partial charge in [-0.1, -0.05) is 19.1 Å². The van der Waals surface area contributed by atoms with Gasteiger partial charge in [0.1, 0.15) is 5.69 Å². The summed E-state index contributed by atoms with van der Waals surface area (Å²) in [4.78, 5) is 18.6. The second-order valence-corrected chi connectivity index (χ2v) is 6.02. The zero-order chi connectivity index (χ0) is 17.4. The first-order valence-corrected chi connectivity index (χ1v) is 8.33. The summed E-state index contributed by atoms with van der Waals surface area (Å²) in [7, 11) is 4.12. The van der Waals surface area contributed by atoms with Gasteiger partial charge in [-0.15, -0.1) is 0 Å². The van der Waals surface area contributed by atoms with Crippen LogP contribution in [0.5, 0.6) is 0 Å². The largest absolute Gasteiger partial charge is 0.384 e. The van der Waals surface area contributed by atoms with Crippen LogP contribution in [-0.4, -0.2) is 43.0 Å². The second kappa shape index (κ2) is 9.03. The molecule has 2 N–H and O–H groups in total. The highest BCUT2D eigenvalue weighted by Crippen LogP contribution is 2.12. The van der Waals surface area contributed by atoms with Crippen LogP contribution in [0.15, 0.2) is 42.6 Å². The van der Waals surface area contributed by atoms with Crippen molar-refractivity contribution in [2.24, 2.45) is 0 Å². The Balaban J connectivity index is 1.86. The van der Waals surface area contributed by atoms with Gasteiger partial charge in [0.25, 0.3) is 5.91 Å². The number of benzene rings is 1. The van der Waals surface area contributed by atoms with E-state index in [-0.39, 0.29) is 5.91 Å². The first kappa shape index (κ1) is 17.9. The molecule has 0 saturated carbocycles. The highest BCUT2D eigenvalue weighted by atomic mass is 16.1. The number of anilines is 2. The summed E-state index contributed by atoms with van der Waals surface area (Å²) in [6.07, 6.45) is 3.74. The second-order valence-electron chi connectivity index (χ2n) is 6.02. The normalized spacial score (nSPS) is 10.7. The zero-order valence-corrected chi connectivity index (χ0v) is 14.7. The quantitative estimate of drug-likeness (QED) is 0.731. The molecule has 2 aromatic rings. The summed E-state index contributed by atoms with van der Waals surface area (Å²) in [5.41, 5.74) is 3.37. The lowest BCUT2D eigenvalue weighted by atomic mass is 10.1. The van der Waals surface area contributed by atoms with Crippen molar-refractivity contribution in [2.75, 3.05) is 37.8 Å². The Kier molecular flexibility index (Phi) is 6.75. The first-order chi connectivity index (χ1) is 11.6. The van der Waals surface area contributed by atoms with E-state index in [4.69, 9.17) is 0 Å². The Labute approximate surface area is 144 Å². The van der Waals surface area contributed by atoms with E-state index in [1.165, 1.54) is 5.56 Å². The Hall–Kier alpha value is -2.40. The third-order valence-electron chi connectivity index (χ3n) is 3.73. The number of aromatic nitrogens is 1. The molecule has 0 aliphatic heterocycles. The van der Waals surface area contributed by atoms with Gasteiger partial charge in [-0.2, -0.15) is 0 Å². The standard InChI is InChI=1S/C19H26N4O/c1-4-15-6-8-16(9-7-15)22-19(24)18-11-10-17(14-21-18)20-12-5-13-23(2)3/h6-11,14,20H,4-5,12-13H2,1-3H3,(H,22,24). The van der Waals surface area contributed by atoms with Crippen LogP contribution in [-0.2, 0) is 6.42 Å². The maximum Gasteiger partial charge on any atom is 0.274 e. The van der Waals surface area contributed by atoms with Gasteiger partial charge in [0.05, 0.1) is 11.9 Å². The fourth-order valence-electron chi connectivity index (χ4n) is 2.28. The molecule has 0 saturated heterocycles. The molecule has 0 unspecified atom stereocenters. The summed E-state index contributed by atoms with van der Waals surface area (Å²) in [6.45, 7) is 4.03. The minimum atomic E-state index is -0.196. The summed E-state index contributed by atoms with van der Waals surface area (Å²) >= 11 is 0. The molecular weight excluding hydrogens is 300 g/mol. The highest BCUT2D eigenvalue weighted by Gasteiger charge is 2.07. The number of nitrogens with one attached hydrogen (secondary N) is 2. The van der Waals surface area contributed by atoms with Crippen molar-refractivity contribution in [2.45, 2.75) is 19.8 Å². The average molecular weight is 326 g/mol. The van der Waals surface area contributed by atoms with Crippen molar-refractivity contribution in [1.29, 1.82) is 0 Å². The molecule has 2 rings (SSSR count). The Morgan fingerprint density at radius 3 is 2.38 bits per heavy atom. The number of carbonyl (C=O) groups excluding carboxylic acids is 1. The van der Waals surface area contributed by atoms with E-state index >= 15 is 0 Å². The molecule has 5 nitrogen and oxygen atoms in total. The lowest BCUT2D eigenvalue weighted by Crippen LogP contribution is -2.16. The minimum absolute atomic E-state index is 0.196. The Morgan fingerprint density at radius 1 is 1.08 bits per heavy atom. The maximum absolute atomic E-state index is 12.2. The summed E-state index contributed by atoms with van der Waals surface area (Å²) in [6, 6.07) is 11.5. The fourth-order valence-corrected chi connectivity index (χ4v) is 2.28. The minimum Gasteiger partial charge on any atom is -0.384 e. The van der Waals surface area contributed by atoms with Gasteiger partial charge in [-0.05, 0) is 63.3 Å². The fraction of sp³-hybridized carbons (Fsp3) is 0.368. The predicted molar refractivity (Wildman–Crippen MR) is 99.7 cm³/mol. The van der Waals surface area contributed by atoms with Crippen LogP contribution >= 0.6 is 0 Å². The van der Waals surface area contributed by atoms with E-state index in [2.05, 4.69) is 41.5 Å². The van der Waals surface area contributed by atoms with Crippen molar-refractivity contribution >= 4 is 17.3 Å². The van der Waals surface area contributed by atoms with Crippen LogP contribution in [0.1, 0.15) is 29.4 Å². The lowest BCUT2D eigenvalue weighted by Gasteiger charge is -2.11. The van der Waals surface area contributed by atoms with Gasteiger partial charge in [0.15, 0.2) is 0 Å². The molecule has 0 atom stereocenters. The van der Waals surface area contributed by atoms with Crippen molar-refractivity contribution < 1.29 is 4.79 Å². The number of aryl methyl sites for hydroxylation is 1. The van der Waals surface area contributed by atoms with Gasteiger partial charge in [0.2, 0.25) is 0 Å². The summed E-state index contributed by atoms with van der Waals surface area (Å²) < 4.78 is 0. The predicted octanol–water partition coefficient (Wildman–Crippen LogP) is 3.26. The zero-order valence-electron chi connectivity index (χ0n) is 14.7. The molecule has 1 amide bonds. The monoisotopic (exact) mass is 326 g/mol. The number of rotatable bonds is 8. The average Bonchev–Trinajstić information content (AvgIpc) is 2.59. The summed E-state index contributed by atoms with van der Waals surface area (Å²) in [5, 5.41) is 6.17. The Morgan fingerprint density at radius 2 is 1.79 bits per heavy atom. The first-order valence-electron chi connectivity index (χ1n) is 8.33. The van der Waals surface area contributed by atoms with Crippen LogP contribution in [0.2, 0.25) is 0 Å². The smallest absolute Gasteiger partial charge is 0.274 e. The lowest BCUT2D eigenvalue weighted by molar-refractivity contribution is 0.102. The van der Waals surface area contributed by atoms with Crippen molar-refractivity contribution in [1.82, 2.24) is 9.88 Å².